The highest BCUT2D eigenvalue weighted by atomic mass is 79.9. The number of halogens is 1. The third-order valence-electron chi connectivity index (χ3n) is 4.39. The van der Waals surface area contributed by atoms with Crippen LogP contribution in [0.15, 0.2) is 46.9 Å². The summed E-state index contributed by atoms with van der Waals surface area (Å²) in [6, 6.07) is 13.3. The van der Waals surface area contributed by atoms with Crippen molar-refractivity contribution in [3.8, 4) is 11.5 Å². The van der Waals surface area contributed by atoms with E-state index in [1.165, 1.54) is 0 Å². The van der Waals surface area contributed by atoms with E-state index in [1.54, 1.807) is 0 Å². The van der Waals surface area contributed by atoms with E-state index in [2.05, 4.69) is 26.6 Å². The molecule has 0 spiro atoms. The van der Waals surface area contributed by atoms with Crippen LogP contribution in [0.3, 0.4) is 0 Å². The second kappa shape index (κ2) is 8.65. The lowest BCUT2D eigenvalue weighted by molar-refractivity contribution is 0.221. The Kier molecular flexibility index (Phi) is 6.26. The standard InChI is InChI=1S/C21H25BrN2O3/c1-13(2)27-17-6-4-5-15(11-17)14(3)23-21(25)24-19-9-10-26-20-8-7-16(22)12-18(19)20/h4-8,11-14,19H,9-10H2,1-3H3,(H2,23,24,25). The number of carbonyl (C=O) groups excluding carboxylic acids is 1. The maximum absolute atomic E-state index is 12.5. The van der Waals surface area contributed by atoms with Gasteiger partial charge in [0.2, 0.25) is 0 Å². The molecule has 0 bridgehead atoms. The Morgan fingerprint density at radius 3 is 2.81 bits per heavy atom. The summed E-state index contributed by atoms with van der Waals surface area (Å²) in [6.07, 6.45) is 0.850. The first kappa shape index (κ1) is 19.5. The number of nitrogens with one attached hydrogen (secondary N) is 2. The average molecular weight is 433 g/mol. The maximum atomic E-state index is 12.5. The van der Waals surface area contributed by atoms with Crippen LogP contribution < -0.4 is 20.1 Å². The zero-order chi connectivity index (χ0) is 19.4. The highest BCUT2D eigenvalue weighted by molar-refractivity contribution is 9.10. The van der Waals surface area contributed by atoms with Crippen LogP contribution in [0, 0.1) is 0 Å². The molecule has 2 N–H and O–H groups in total. The van der Waals surface area contributed by atoms with Crippen LogP contribution in [-0.2, 0) is 0 Å². The molecule has 0 aromatic heterocycles. The first-order chi connectivity index (χ1) is 12.9. The summed E-state index contributed by atoms with van der Waals surface area (Å²) < 4.78 is 12.4. The van der Waals surface area contributed by atoms with Crippen LogP contribution in [0.2, 0.25) is 0 Å². The van der Waals surface area contributed by atoms with Gasteiger partial charge in [0, 0.05) is 16.5 Å². The van der Waals surface area contributed by atoms with E-state index in [-0.39, 0.29) is 24.2 Å². The number of carbonyl (C=O) groups is 1. The van der Waals surface area contributed by atoms with Crippen LogP contribution in [0.5, 0.6) is 11.5 Å². The molecule has 2 aromatic rings. The van der Waals surface area contributed by atoms with E-state index >= 15 is 0 Å². The van der Waals surface area contributed by atoms with Crippen molar-refractivity contribution in [2.45, 2.75) is 45.4 Å². The van der Waals surface area contributed by atoms with Crippen molar-refractivity contribution in [3.05, 3.63) is 58.1 Å². The van der Waals surface area contributed by atoms with Gasteiger partial charge in [-0.15, -0.1) is 0 Å². The monoisotopic (exact) mass is 432 g/mol. The number of hydrogen-bond acceptors (Lipinski definition) is 3. The predicted molar refractivity (Wildman–Crippen MR) is 109 cm³/mol. The molecule has 6 heteroatoms. The lowest BCUT2D eigenvalue weighted by atomic mass is 10.0. The summed E-state index contributed by atoms with van der Waals surface area (Å²) in [5, 5.41) is 6.08. The molecule has 1 aliphatic heterocycles. The maximum Gasteiger partial charge on any atom is 0.315 e. The van der Waals surface area contributed by atoms with Crippen molar-refractivity contribution < 1.29 is 14.3 Å². The van der Waals surface area contributed by atoms with Gasteiger partial charge in [-0.25, -0.2) is 4.79 Å². The molecule has 0 radical (unpaired) electrons. The molecule has 2 atom stereocenters. The number of benzene rings is 2. The van der Waals surface area contributed by atoms with Gasteiger partial charge >= 0.3 is 6.03 Å². The van der Waals surface area contributed by atoms with E-state index in [0.29, 0.717) is 6.61 Å². The van der Waals surface area contributed by atoms with Gasteiger partial charge in [0.25, 0.3) is 0 Å². The smallest absolute Gasteiger partial charge is 0.315 e. The summed E-state index contributed by atoms with van der Waals surface area (Å²) in [5.41, 5.74) is 1.99. The van der Waals surface area contributed by atoms with Gasteiger partial charge in [0.1, 0.15) is 11.5 Å². The number of urea groups is 1. The third-order valence-corrected chi connectivity index (χ3v) is 4.89. The molecule has 2 unspecified atom stereocenters. The summed E-state index contributed by atoms with van der Waals surface area (Å²) >= 11 is 3.48. The molecule has 2 aromatic carbocycles. The fourth-order valence-electron chi connectivity index (χ4n) is 3.12. The van der Waals surface area contributed by atoms with E-state index in [4.69, 9.17) is 9.47 Å². The minimum absolute atomic E-state index is 0.0749. The molecule has 0 aliphatic carbocycles. The Hall–Kier alpha value is -2.21. The van der Waals surface area contributed by atoms with Gasteiger partial charge in [0.05, 0.1) is 24.8 Å². The van der Waals surface area contributed by atoms with Crippen LogP contribution >= 0.6 is 15.9 Å². The topological polar surface area (TPSA) is 59.6 Å². The molecule has 2 amide bonds. The van der Waals surface area contributed by atoms with E-state index < -0.39 is 0 Å². The average Bonchev–Trinajstić information content (AvgIpc) is 2.62. The normalized spacial score (nSPS) is 16.9. The van der Waals surface area contributed by atoms with E-state index in [9.17, 15) is 4.79 Å². The molecule has 0 saturated carbocycles. The third kappa shape index (κ3) is 5.16. The Bertz CT molecular complexity index is 810. The molecule has 144 valence electrons. The number of amides is 2. The molecule has 1 heterocycles. The lowest BCUT2D eigenvalue weighted by Crippen LogP contribution is -2.40. The second-order valence-corrected chi connectivity index (χ2v) is 7.87. The fourth-order valence-corrected chi connectivity index (χ4v) is 3.50. The SMILES string of the molecule is CC(C)Oc1cccc(C(C)NC(=O)NC2CCOc3ccc(Br)cc32)c1. The van der Waals surface area contributed by atoms with Gasteiger partial charge in [-0.1, -0.05) is 28.1 Å². The minimum atomic E-state index is -0.199. The number of hydrogen-bond donors (Lipinski definition) is 2. The van der Waals surface area contributed by atoms with E-state index in [0.717, 1.165) is 33.5 Å². The fraction of sp³-hybridized carbons (Fsp3) is 0.381. The van der Waals surface area contributed by atoms with Crippen molar-refractivity contribution in [3.63, 3.8) is 0 Å². The van der Waals surface area contributed by atoms with Gasteiger partial charge in [0.15, 0.2) is 0 Å². The van der Waals surface area contributed by atoms with Crippen molar-refractivity contribution in [2.75, 3.05) is 6.61 Å². The summed E-state index contributed by atoms with van der Waals surface area (Å²) in [5.74, 6) is 1.63. The Morgan fingerprint density at radius 2 is 2.04 bits per heavy atom. The van der Waals surface area contributed by atoms with Gasteiger partial charge < -0.3 is 20.1 Å². The van der Waals surface area contributed by atoms with E-state index in [1.807, 2.05) is 63.2 Å². The lowest BCUT2D eigenvalue weighted by Gasteiger charge is -2.27. The van der Waals surface area contributed by atoms with Gasteiger partial charge in [-0.3, -0.25) is 0 Å². The molecule has 27 heavy (non-hydrogen) atoms. The summed E-state index contributed by atoms with van der Waals surface area (Å²) in [7, 11) is 0. The van der Waals surface area contributed by atoms with Crippen molar-refractivity contribution in [1.82, 2.24) is 10.6 Å². The second-order valence-electron chi connectivity index (χ2n) is 6.95. The molecule has 5 nitrogen and oxygen atoms in total. The van der Waals surface area contributed by atoms with Crippen molar-refractivity contribution in [2.24, 2.45) is 0 Å². The largest absolute Gasteiger partial charge is 0.493 e. The first-order valence-electron chi connectivity index (χ1n) is 9.18. The minimum Gasteiger partial charge on any atom is -0.493 e. The Labute approximate surface area is 168 Å². The number of ether oxygens (including phenoxy) is 2. The highest BCUT2D eigenvalue weighted by Gasteiger charge is 2.24. The molecule has 0 fully saturated rings. The summed E-state index contributed by atoms with van der Waals surface area (Å²) in [4.78, 5) is 12.5. The summed E-state index contributed by atoms with van der Waals surface area (Å²) in [6.45, 7) is 6.53. The van der Waals surface area contributed by atoms with Crippen LogP contribution in [-0.4, -0.2) is 18.7 Å². The van der Waals surface area contributed by atoms with Gasteiger partial charge in [-0.05, 0) is 56.7 Å². The first-order valence-corrected chi connectivity index (χ1v) is 9.97. The Balaban J connectivity index is 1.64. The van der Waals surface area contributed by atoms with Crippen LogP contribution in [0.4, 0.5) is 4.79 Å². The molecule has 1 aliphatic rings. The molecular weight excluding hydrogens is 408 g/mol. The quantitative estimate of drug-likeness (QED) is 0.688. The Morgan fingerprint density at radius 1 is 1.22 bits per heavy atom. The van der Waals surface area contributed by atoms with Crippen molar-refractivity contribution >= 4 is 22.0 Å². The van der Waals surface area contributed by atoms with Gasteiger partial charge in [-0.2, -0.15) is 0 Å². The zero-order valence-corrected chi connectivity index (χ0v) is 17.4. The van der Waals surface area contributed by atoms with Crippen LogP contribution in [0.1, 0.15) is 50.4 Å². The predicted octanol–water partition coefficient (Wildman–Crippen LogP) is 5.12. The van der Waals surface area contributed by atoms with Crippen LogP contribution in [0.25, 0.3) is 0 Å². The van der Waals surface area contributed by atoms with Crippen molar-refractivity contribution in [1.29, 1.82) is 0 Å². The molecule has 0 saturated heterocycles. The zero-order valence-electron chi connectivity index (χ0n) is 15.8. The molecular formula is C21H25BrN2O3. The molecule has 3 rings (SSSR count). The highest BCUT2D eigenvalue weighted by Crippen LogP contribution is 2.34. The number of rotatable bonds is 5. The number of fused-ring (bicyclic) bond motifs is 1.